The Morgan fingerprint density at radius 3 is 0.788 bits per heavy atom. The summed E-state index contributed by atoms with van der Waals surface area (Å²) in [7, 11) is 0. The van der Waals surface area contributed by atoms with E-state index in [0.29, 0.717) is 44.5 Å². The molecule has 0 fully saturated rings. The Kier molecular flexibility index (Phi) is 28.1. The first-order valence-electron chi connectivity index (χ1n) is 46.2. The maximum Gasteiger partial charge on any atom is 0.278 e. The Morgan fingerprint density at radius 2 is 0.521 bits per heavy atom. The van der Waals surface area contributed by atoms with Crippen LogP contribution < -0.4 is 70.2 Å². The molecule has 740 valence electrons. The van der Waals surface area contributed by atoms with E-state index in [4.69, 9.17) is 28.4 Å². The van der Waals surface area contributed by atoms with Crippen LogP contribution in [0.4, 0.5) is 35.1 Å². The molecule has 4 amide bonds. The van der Waals surface area contributed by atoms with Crippen LogP contribution in [-0.4, -0.2) is 151 Å². The van der Waals surface area contributed by atoms with Gasteiger partial charge in [-0.2, -0.15) is 0 Å². The van der Waals surface area contributed by atoms with E-state index in [1.807, 2.05) is 60.7 Å². The fourth-order valence-corrected chi connectivity index (χ4v) is 18.6. The first-order chi connectivity index (χ1) is 70.9. The Morgan fingerprint density at radius 1 is 0.274 bits per heavy atom. The van der Waals surface area contributed by atoms with Crippen molar-refractivity contribution in [2.75, 3.05) is 99.3 Å². The van der Waals surface area contributed by atoms with E-state index >= 15 is 8.78 Å². The van der Waals surface area contributed by atoms with Gasteiger partial charge < -0.3 is 58.2 Å². The van der Waals surface area contributed by atoms with E-state index in [9.17, 15) is 74.9 Å². The summed E-state index contributed by atoms with van der Waals surface area (Å²) in [6.45, 7) is 1.32. The zero-order chi connectivity index (χ0) is 102. The molecule has 12 heterocycles. The number of para-hydroxylation sites is 4. The van der Waals surface area contributed by atoms with Crippen LogP contribution in [0.3, 0.4) is 0 Å². The zero-order valence-electron chi connectivity index (χ0n) is 77.4. The van der Waals surface area contributed by atoms with Gasteiger partial charge in [-0.3, -0.25) is 77.1 Å². The van der Waals surface area contributed by atoms with Crippen molar-refractivity contribution in [2.45, 2.75) is 37.4 Å². The number of rotatable bonds is 10. The molecule has 2 N–H and O–H groups in total. The highest BCUT2D eigenvalue weighted by Crippen LogP contribution is 2.45. The van der Waals surface area contributed by atoms with Crippen molar-refractivity contribution in [3.63, 3.8) is 0 Å². The van der Waals surface area contributed by atoms with Crippen molar-refractivity contribution in [1.29, 1.82) is 0 Å². The summed E-state index contributed by atoms with van der Waals surface area (Å²) in [5.74, 6) is -7.65. The molecule has 10 aromatic carbocycles. The topological polar surface area (TPSA) is 278 Å². The van der Waals surface area contributed by atoms with Crippen molar-refractivity contribution in [2.24, 2.45) is 0 Å². The van der Waals surface area contributed by atoms with E-state index in [1.165, 1.54) is 153 Å². The number of carbonyl (C=O) groups excluding carboxylic acids is 4. The summed E-state index contributed by atoms with van der Waals surface area (Å²) in [5, 5.41) is 27.8. The van der Waals surface area contributed by atoms with Crippen molar-refractivity contribution in [3.8, 4) is 46.0 Å². The molecule has 0 spiro atoms. The van der Waals surface area contributed by atoms with Crippen LogP contribution in [0.25, 0.3) is 0 Å². The number of pyridine rings is 4. The molecule has 0 saturated carbocycles. The molecular formula is C110H88F8N12O16. The first-order valence-corrected chi connectivity index (χ1v) is 46.2. The Bertz CT molecular complexity index is 7330. The molecule has 0 aliphatic carbocycles. The lowest BCUT2D eigenvalue weighted by molar-refractivity contribution is 0.0691. The predicted octanol–water partition coefficient (Wildman–Crippen LogP) is 15.4. The fraction of sp³-hybridized carbons (Fsp3) is 0.164. The average Bonchev–Trinajstić information content (AvgIpc) is 0.912. The normalized spacial score (nSPS) is 17.9. The lowest BCUT2D eigenvalue weighted by Crippen LogP contribution is -2.55. The number of benzene rings is 10. The SMILES string of the molecule is O=C1c2c(O)c(=O)ccn2N2CN1C/C=C\COc1c(F)cccc1[C@@H]2c1cccc(F)c1.O=C1c2c(O)c(=O)ccn2N2CN1C/C=C\COc1c(F)cccc1[C@H]2c1cccc(F)c1.O=C1c2c(OCc3ccccc3)c(=O)ccn2N2CN1C/C=C\COc1c(F)cccc1[C@@H]2c1cccc(F)c1.O=C1c2c(OCc3ccccc3)c(=O)ccn2N2CN1C/C=C\COc1c(F)cccc1[C@H]2c1cccc(F)c1. The number of hydrogen-bond acceptors (Lipinski definition) is 20. The number of fused-ring (bicyclic) bond motifs is 20. The van der Waals surface area contributed by atoms with Gasteiger partial charge >= 0.3 is 0 Å². The van der Waals surface area contributed by atoms with Gasteiger partial charge in [0.2, 0.25) is 21.7 Å². The second-order valence-electron chi connectivity index (χ2n) is 34.4. The van der Waals surface area contributed by atoms with Gasteiger partial charge in [0.25, 0.3) is 23.6 Å². The summed E-state index contributed by atoms with van der Waals surface area (Å²) in [6, 6.07) is 62.1. The molecule has 4 aromatic heterocycles. The van der Waals surface area contributed by atoms with Crippen molar-refractivity contribution < 1.29 is 92.9 Å². The molecule has 14 aromatic rings. The molecule has 36 heteroatoms. The minimum Gasteiger partial charge on any atom is -0.502 e. The van der Waals surface area contributed by atoms with Crippen LogP contribution in [-0.2, 0) is 13.2 Å². The number of nitrogens with zero attached hydrogens (tertiary/aromatic N) is 12. The largest absolute Gasteiger partial charge is 0.502 e. The standard InChI is InChI=1S/2C31H25F2N3O4.2C24H19F2N3O4/c2*32-23-11-6-10-22(18-23)27-24-12-7-13-25(33)29(24)39-17-5-4-15-34-20-36(27)35-16-14-26(37)30(28(35)31(34)38)40-19-21-8-2-1-3-9-21;2*25-16-6-3-5-15(13-16)20-17-7-4-8-18(26)23(17)33-12-2-1-10-27-14-29(20)28-11-9-19(30)22(31)21(28)24(27)32/h2*1-14,16,18,27H,15,17,19-20H2;2*1-9,11,13,20,31H,10,12,14H2/b2*5-4-;2*2-1-/t2*27-;2*20-/m1010/s1. The summed E-state index contributed by atoms with van der Waals surface area (Å²) in [6.07, 6.45) is 19.3. The monoisotopic (exact) mass is 1980 g/mol. The van der Waals surface area contributed by atoms with Gasteiger partial charge in [0.1, 0.15) is 114 Å². The summed E-state index contributed by atoms with van der Waals surface area (Å²) >= 11 is 0. The van der Waals surface area contributed by atoms with Gasteiger partial charge in [-0.25, -0.2) is 35.1 Å². The van der Waals surface area contributed by atoms with Crippen LogP contribution in [0.5, 0.6) is 46.0 Å². The second kappa shape index (κ2) is 42.4. The quantitative estimate of drug-likeness (QED) is 0.0950. The summed E-state index contributed by atoms with van der Waals surface area (Å²) < 4.78 is 159. The van der Waals surface area contributed by atoms with Crippen LogP contribution in [0.15, 0.2) is 347 Å². The van der Waals surface area contributed by atoms with Gasteiger partial charge in [-0.1, -0.05) is 182 Å². The molecule has 8 bridgehead atoms. The smallest absolute Gasteiger partial charge is 0.278 e. The third kappa shape index (κ3) is 19.7. The van der Waals surface area contributed by atoms with Gasteiger partial charge in [0.05, 0.1) is 0 Å². The number of ether oxygens (including phenoxy) is 6. The lowest BCUT2D eigenvalue weighted by atomic mass is 9.96. The molecule has 8 aliphatic rings. The second-order valence-corrected chi connectivity index (χ2v) is 34.4. The Hall–Kier alpha value is -18.1. The minimum absolute atomic E-state index is 0.00595. The molecule has 0 radical (unpaired) electrons. The molecule has 4 atom stereocenters. The van der Waals surface area contributed by atoms with Gasteiger partial charge in [-0.15, -0.1) is 0 Å². The average molecular weight is 1990 g/mol. The van der Waals surface area contributed by atoms with Crippen LogP contribution in [0, 0.1) is 46.5 Å². The van der Waals surface area contributed by atoms with Crippen molar-refractivity contribution >= 4 is 23.6 Å². The number of hydrogen-bond donors (Lipinski definition) is 2. The van der Waals surface area contributed by atoms with E-state index in [2.05, 4.69) is 0 Å². The maximum absolute atomic E-state index is 15.2. The molecule has 0 saturated heterocycles. The van der Waals surface area contributed by atoms with Gasteiger partial charge in [-0.05, 0) is 130 Å². The lowest BCUT2D eigenvalue weighted by Gasteiger charge is -2.44. The number of halogens is 8. The van der Waals surface area contributed by atoms with E-state index in [-0.39, 0.29) is 150 Å². The van der Waals surface area contributed by atoms with Gasteiger partial charge in [0, 0.05) is 97.5 Å². The highest BCUT2D eigenvalue weighted by molar-refractivity contribution is 5.99. The molecule has 146 heavy (non-hydrogen) atoms. The summed E-state index contributed by atoms with van der Waals surface area (Å²) in [5.41, 5.74) is 2.60. The molecule has 22 rings (SSSR count). The van der Waals surface area contributed by atoms with E-state index in [1.54, 1.807) is 161 Å². The van der Waals surface area contributed by atoms with Gasteiger partial charge in [0.15, 0.2) is 92.0 Å². The molecular weight excluding hydrogens is 1900 g/mol. The predicted molar refractivity (Wildman–Crippen MR) is 521 cm³/mol. The number of aromatic nitrogens is 4. The van der Waals surface area contributed by atoms with Crippen LogP contribution >= 0.6 is 0 Å². The highest BCUT2D eigenvalue weighted by Gasteiger charge is 2.45. The van der Waals surface area contributed by atoms with E-state index < -0.39 is 128 Å². The highest BCUT2D eigenvalue weighted by atomic mass is 19.2. The molecule has 0 unspecified atom stereocenters. The maximum atomic E-state index is 15.2. The Balaban J connectivity index is 0.000000123. The minimum atomic E-state index is -0.819. The third-order valence-electron chi connectivity index (χ3n) is 25.2. The summed E-state index contributed by atoms with van der Waals surface area (Å²) in [4.78, 5) is 110. The molecule has 8 aliphatic heterocycles. The van der Waals surface area contributed by atoms with Crippen molar-refractivity contribution in [3.05, 3.63) is 494 Å². The third-order valence-corrected chi connectivity index (χ3v) is 25.2. The van der Waals surface area contributed by atoms with Crippen LogP contribution in [0.2, 0.25) is 0 Å². The first kappa shape index (κ1) is 96.7. The fourth-order valence-electron chi connectivity index (χ4n) is 18.6. The number of amides is 4. The number of carbonyl (C=O) groups is 4. The van der Waals surface area contributed by atoms with E-state index in [0.717, 1.165) is 23.3 Å². The van der Waals surface area contributed by atoms with Crippen molar-refractivity contribution in [1.82, 2.24) is 38.3 Å². The molecule has 28 nitrogen and oxygen atoms in total. The zero-order valence-corrected chi connectivity index (χ0v) is 77.4. The Labute approximate surface area is 827 Å². The van der Waals surface area contributed by atoms with Crippen LogP contribution in [0.1, 0.15) is 122 Å². The number of aromatic hydroxyl groups is 2.